The van der Waals surface area contributed by atoms with Crippen LogP contribution in [-0.2, 0) is 5.75 Å². The fraction of sp³-hybridized carbons (Fsp3) is 0.182. The minimum atomic E-state index is 0.911. The first-order chi connectivity index (χ1) is 12.6. The van der Waals surface area contributed by atoms with Gasteiger partial charge in [-0.1, -0.05) is 48.0 Å². The summed E-state index contributed by atoms with van der Waals surface area (Å²) in [6.45, 7) is 6.43. The van der Waals surface area contributed by atoms with Gasteiger partial charge in [0.25, 0.3) is 0 Å². The summed E-state index contributed by atoms with van der Waals surface area (Å²) in [4.78, 5) is 10.1. The molecule has 0 saturated carbocycles. The van der Waals surface area contributed by atoms with Gasteiger partial charge >= 0.3 is 0 Å². The Bertz CT molecular complexity index is 1070. The van der Waals surface area contributed by atoms with Crippen LogP contribution in [0.25, 0.3) is 21.3 Å². The van der Waals surface area contributed by atoms with E-state index in [0.717, 1.165) is 15.6 Å². The zero-order valence-electron chi connectivity index (χ0n) is 15.1. The third kappa shape index (κ3) is 3.39. The summed E-state index contributed by atoms with van der Waals surface area (Å²) in [5.41, 5.74) is 7.71. The van der Waals surface area contributed by atoms with Crippen LogP contribution in [0, 0.1) is 20.8 Å². The topological polar surface area (TPSA) is 25.8 Å². The molecule has 2 heterocycles. The number of rotatable bonds is 4. The average Bonchev–Trinajstić information content (AvgIpc) is 3.08. The molecule has 4 aromatic rings. The summed E-state index contributed by atoms with van der Waals surface area (Å²) < 4.78 is 0. The Balaban J connectivity index is 1.72. The van der Waals surface area contributed by atoms with Gasteiger partial charge in [0, 0.05) is 16.7 Å². The average molecular weight is 377 g/mol. The third-order valence-electron chi connectivity index (χ3n) is 4.65. The van der Waals surface area contributed by atoms with E-state index in [-0.39, 0.29) is 0 Å². The van der Waals surface area contributed by atoms with E-state index in [1.165, 1.54) is 38.8 Å². The minimum Gasteiger partial charge on any atom is -0.229 e. The third-order valence-corrected chi connectivity index (χ3v) is 6.60. The largest absolute Gasteiger partial charge is 0.229 e. The molecule has 26 heavy (non-hydrogen) atoms. The molecule has 0 atom stereocenters. The number of benzene rings is 2. The van der Waals surface area contributed by atoms with Gasteiger partial charge in [-0.15, -0.1) is 23.1 Å². The maximum Gasteiger partial charge on any atom is 0.128 e. The van der Waals surface area contributed by atoms with Gasteiger partial charge in [0.2, 0.25) is 0 Å². The molecule has 0 amide bonds. The van der Waals surface area contributed by atoms with Crippen molar-refractivity contribution in [3.8, 4) is 11.1 Å². The van der Waals surface area contributed by atoms with E-state index in [9.17, 15) is 0 Å². The van der Waals surface area contributed by atoms with E-state index in [0.29, 0.717) is 0 Å². The van der Waals surface area contributed by atoms with Crippen molar-refractivity contribution in [2.24, 2.45) is 0 Å². The van der Waals surface area contributed by atoms with E-state index in [2.05, 4.69) is 78.6 Å². The molecular formula is C22H20N2S2. The van der Waals surface area contributed by atoms with Gasteiger partial charge in [-0.3, -0.25) is 0 Å². The summed E-state index contributed by atoms with van der Waals surface area (Å²) in [7, 11) is 0. The molecule has 0 aliphatic carbocycles. The first-order valence-electron chi connectivity index (χ1n) is 8.60. The van der Waals surface area contributed by atoms with Gasteiger partial charge in [-0.25, -0.2) is 9.97 Å². The Morgan fingerprint density at radius 2 is 1.73 bits per heavy atom. The fourth-order valence-corrected chi connectivity index (χ4v) is 4.86. The van der Waals surface area contributed by atoms with Gasteiger partial charge < -0.3 is 0 Å². The molecule has 0 spiro atoms. The number of fused-ring (bicyclic) bond motifs is 1. The number of hydrogen-bond acceptors (Lipinski definition) is 4. The summed E-state index contributed by atoms with van der Waals surface area (Å²) in [5.74, 6) is 0.911. The van der Waals surface area contributed by atoms with Crippen LogP contribution >= 0.6 is 23.1 Å². The highest BCUT2D eigenvalue weighted by molar-refractivity contribution is 7.98. The second kappa shape index (κ2) is 7.22. The highest BCUT2D eigenvalue weighted by Crippen LogP contribution is 2.39. The Morgan fingerprint density at radius 3 is 2.50 bits per heavy atom. The van der Waals surface area contributed by atoms with E-state index >= 15 is 0 Å². The molecule has 0 unspecified atom stereocenters. The maximum absolute atomic E-state index is 4.60. The van der Waals surface area contributed by atoms with Gasteiger partial charge in [-0.2, -0.15) is 0 Å². The molecule has 4 heteroatoms. The number of aromatic nitrogens is 2. The molecule has 0 bridgehead atoms. The van der Waals surface area contributed by atoms with Crippen molar-refractivity contribution < 1.29 is 0 Å². The Labute approximate surface area is 162 Å². The molecule has 2 aromatic heterocycles. The number of aryl methyl sites for hydroxylation is 3. The lowest BCUT2D eigenvalue weighted by Gasteiger charge is -2.07. The van der Waals surface area contributed by atoms with Crippen LogP contribution in [0.1, 0.15) is 22.3 Å². The second-order valence-corrected chi connectivity index (χ2v) is 8.40. The van der Waals surface area contributed by atoms with Crippen molar-refractivity contribution in [2.45, 2.75) is 31.6 Å². The second-order valence-electron chi connectivity index (χ2n) is 6.58. The maximum atomic E-state index is 4.60. The first kappa shape index (κ1) is 17.3. The summed E-state index contributed by atoms with van der Waals surface area (Å²) in [6, 6.07) is 15.4. The Kier molecular flexibility index (Phi) is 4.79. The number of thiophene rings is 1. The summed E-state index contributed by atoms with van der Waals surface area (Å²) in [5, 5.41) is 4.45. The number of hydrogen-bond donors (Lipinski definition) is 0. The molecule has 0 fully saturated rings. The molecule has 2 nitrogen and oxygen atoms in total. The molecule has 2 aromatic carbocycles. The van der Waals surface area contributed by atoms with Gasteiger partial charge in [0.05, 0.1) is 5.39 Å². The van der Waals surface area contributed by atoms with Crippen LogP contribution < -0.4 is 0 Å². The smallest absolute Gasteiger partial charge is 0.128 e. The molecule has 0 aliphatic heterocycles. The lowest BCUT2D eigenvalue weighted by atomic mass is 10.0. The number of nitrogens with zero attached hydrogens (tertiary/aromatic N) is 2. The minimum absolute atomic E-state index is 0.911. The fourth-order valence-electron chi connectivity index (χ4n) is 2.91. The zero-order chi connectivity index (χ0) is 18.1. The quantitative estimate of drug-likeness (QED) is 0.297. The molecule has 0 aliphatic rings. The standard InChI is InChI=1S/C22H20N2S2/c1-14-4-7-17(8-5-14)11-25-21-20-19(12-26-22(20)24-13-23-21)18-9-6-15(2)16(3)10-18/h4-10,12-13H,11H2,1-3H3. The molecular weight excluding hydrogens is 356 g/mol. The van der Waals surface area contributed by atoms with Gasteiger partial charge in [-0.05, 0) is 43.0 Å². The molecule has 0 saturated heterocycles. The summed E-state index contributed by atoms with van der Waals surface area (Å²) >= 11 is 3.48. The lowest BCUT2D eigenvalue weighted by molar-refractivity contribution is 1.11. The monoisotopic (exact) mass is 376 g/mol. The van der Waals surface area contributed by atoms with Gasteiger partial charge in [0.1, 0.15) is 16.2 Å². The van der Waals surface area contributed by atoms with Crippen LogP contribution in [0.3, 0.4) is 0 Å². The first-order valence-corrected chi connectivity index (χ1v) is 10.5. The van der Waals surface area contributed by atoms with Crippen molar-refractivity contribution in [1.82, 2.24) is 9.97 Å². The normalized spacial score (nSPS) is 11.2. The predicted molar refractivity (Wildman–Crippen MR) is 113 cm³/mol. The van der Waals surface area contributed by atoms with E-state index in [1.54, 1.807) is 29.4 Å². The lowest BCUT2D eigenvalue weighted by Crippen LogP contribution is -1.88. The Hall–Kier alpha value is -2.17. The van der Waals surface area contributed by atoms with E-state index in [1.807, 2.05) is 0 Å². The highest BCUT2D eigenvalue weighted by Gasteiger charge is 2.14. The zero-order valence-corrected chi connectivity index (χ0v) is 16.7. The molecule has 0 N–H and O–H groups in total. The Morgan fingerprint density at radius 1 is 0.923 bits per heavy atom. The van der Waals surface area contributed by atoms with Crippen LogP contribution in [-0.4, -0.2) is 9.97 Å². The van der Waals surface area contributed by atoms with E-state index < -0.39 is 0 Å². The number of thioether (sulfide) groups is 1. The van der Waals surface area contributed by atoms with E-state index in [4.69, 9.17) is 0 Å². The summed E-state index contributed by atoms with van der Waals surface area (Å²) in [6.07, 6.45) is 1.68. The highest BCUT2D eigenvalue weighted by atomic mass is 32.2. The molecule has 130 valence electrons. The molecule has 4 rings (SSSR count). The van der Waals surface area contributed by atoms with Crippen molar-refractivity contribution >= 4 is 33.3 Å². The van der Waals surface area contributed by atoms with Crippen molar-refractivity contribution in [1.29, 1.82) is 0 Å². The van der Waals surface area contributed by atoms with Crippen molar-refractivity contribution in [3.05, 3.63) is 76.4 Å². The van der Waals surface area contributed by atoms with Crippen LogP contribution in [0.15, 0.2) is 59.2 Å². The van der Waals surface area contributed by atoms with Crippen LogP contribution in [0.2, 0.25) is 0 Å². The van der Waals surface area contributed by atoms with Crippen molar-refractivity contribution in [2.75, 3.05) is 0 Å². The van der Waals surface area contributed by atoms with Crippen LogP contribution in [0.5, 0.6) is 0 Å². The van der Waals surface area contributed by atoms with Gasteiger partial charge in [0.15, 0.2) is 0 Å². The predicted octanol–water partition coefficient (Wildman–Crippen LogP) is 6.58. The SMILES string of the molecule is Cc1ccc(CSc2ncnc3scc(-c4ccc(C)c(C)c4)c23)cc1. The molecule has 0 radical (unpaired) electrons. The van der Waals surface area contributed by atoms with Crippen molar-refractivity contribution in [3.63, 3.8) is 0 Å². The van der Waals surface area contributed by atoms with Crippen LogP contribution in [0.4, 0.5) is 0 Å².